The number of hydrogen-bond acceptors (Lipinski definition) is 10. The Bertz CT molecular complexity index is 1210. The van der Waals surface area contributed by atoms with E-state index in [9.17, 15) is 4.79 Å². The van der Waals surface area contributed by atoms with Gasteiger partial charge >= 0.3 is 0 Å². The molecule has 3 rings (SSSR count). The van der Waals surface area contributed by atoms with Crippen LogP contribution in [0.2, 0.25) is 0 Å². The lowest BCUT2D eigenvalue weighted by atomic mass is 10.1. The van der Waals surface area contributed by atoms with Crippen LogP contribution in [0.3, 0.4) is 0 Å². The van der Waals surface area contributed by atoms with E-state index < -0.39 is 0 Å². The first-order valence-corrected chi connectivity index (χ1v) is 11.2. The Kier molecular flexibility index (Phi) is 8.95. The third kappa shape index (κ3) is 6.79. The van der Waals surface area contributed by atoms with Crippen LogP contribution in [0.1, 0.15) is 18.7 Å². The number of aromatic nitrogens is 4. The molecule has 1 fully saturated rings. The summed E-state index contributed by atoms with van der Waals surface area (Å²) in [4.78, 5) is 22.7. The van der Waals surface area contributed by atoms with E-state index in [1.807, 2.05) is 4.90 Å². The van der Waals surface area contributed by atoms with Crippen LogP contribution in [-0.2, 0) is 16.1 Å². The van der Waals surface area contributed by atoms with Gasteiger partial charge in [-0.05, 0) is 24.5 Å². The molecule has 1 saturated heterocycles. The van der Waals surface area contributed by atoms with E-state index in [-0.39, 0.29) is 36.1 Å². The normalized spacial score (nSPS) is 15.8. The molecule has 2 aromatic heterocycles. The predicted molar refractivity (Wildman–Crippen MR) is 137 cm³/mol. The van der Waals surface area contributed by atoms with Crippen LogP contribution >= 0.6 is 0 Å². The first-order valence-electron chi connectivity index (χ1n) is 11.2. The third-order valence-corrected chi connectivity index (χ3v) is 5.55. The van der Waals surface area contributed by atoms with Gasteiger partial charge in [-0.15, -0.1) is 0 Å². The van der Waals surface area contributed by atoms with Gasteiger partial charge in [-0.2, -0.15) is 10.1 Å². The van der Waals surface area contributed by atoms with E-state index in [0.29, 0.717) is 35.4 Å². The molecule has 6 N–H and O–H groups in total. The van der Waals surface area contributed by atoms with Crippen LogP contribution in [0.4, 0.5) is 0 Å². The second kappa shape index (κ2) is 12.3. The zero-order valence-electron chi connectivity index (χ0n) is 20.2. The molecule has 0 bridgehead atoms. The minimum absolute atomic E-state index is 0.00383. The maximum atomic E-state index is 12.6. The monoisotopic (exact) mass is 493 g/mol. The standard InChI is InChI=1S/C24H31N9O3/c1-16(19(11-26)12-28-17(2)27)4-5-18(10-25)23-30-24(36-31-23)20-13-29-33(14-20)15-22(34)32-8-6-21(35-3)7-9-32/h4-5,10-14,21H,1-2,6-9,15,25-27H2,3H3/b5-4-,18-10+,19-11+,28-12-. The van der Waals surface area contributed by atoms with Crippen molar-refractivity contribution < 1.29 is 14.1 Å². The molecule has 36 heavy (non-hydrogen) atoms. The highest BCUT2D eigenvalue weighted by atomic mass is 16.5. The van der Waals surface area contributed by atoms with E-state index in [4.69, 9.17) is 26.5 Å². The lowest BCUT2D eigenvalue weighted by Crippen LogP contribution is -2.42. The van der Waals surface area contributed by atoms with Gasteiger partial charge in [-0.1, -0.05) is 24.4 Å². The maximum Gasteiger partial charge on any atom is 0.261 e. The van der Waals surface area contributed by atoms with Crippen LogP contribution < -0.4 is 17.2 Å². The molecule has 190 valence electrons. The van der Waals surface area contributed by atoms with E-state index in [1.165, 1.54) is 18.6 Å². The molecule has 12 nitrogen and oxygen atoms in total. The average Bonchev–Trinajstić information content (AvgIpc) is 3.55. The van der Waals surface area contributed by atoms with Gasteiger partial charge in [0.1, 0.15) is 12.4 Å². The van der Waals surface area contributed by atoms with Gasteiger partial charge in [-0.25, -0.2) is 4.99 Å². The molecule has 2 aromatic rings. The number of likely N-dealkylation sites (tertiary alicyclic amines) is 1. The van der Waals surface area contributed by atoms with Crippen molar-refractivity contribution in [1.29, 1.82) is 0 Å². The fraction of sp³-hybridized carbons (Fsp3) is 0.292. The number of aliphatic imine (C=N–C) groups is 1. The number of hydrogen-bond donors (Lipinski definition) is 3. The van der Waals surface area contributed by atoms with E-state index >= 15 is 0 Å². The zero-order chi connectivity index (χ0) is 26.1. The second-order valence-corrected chi connectivity index (χ2v) is 8.02. The maximum absolute atomic E-state index is 12.6. The van der Waals surface area contributed by atoms with Crippen molar-refractivity contribution in [3.63, 3.8) is 0 Å². The fourth-order valence-corrected chi connectivity index (χ4v) is 3.47. The molecule has 0 unspecified atom stereocenters. The number of methoxy groups -OCH3 is 1. The highest BCUT2D eigenvalue weighted by molar-refractivity contribution is 5.86. The van der Waals surface area contributed by atoms with Gasteiger partial charge in [-0.3, -0.25) is 9.48 Å². The van der Waals surface area contributed by atoms with Crippen LogP contribution in [0, 0.1) is 0 Å². The van der Waals surface area contributed by atoms with Crippen LogP contribution in [-0.4, -0.2) is 63.2 Å². The largest absolute Gasteiger partial charge is 0.404 e. The van der Waals surface area contributed by atoms with Gasteiger partial charge in [0.25, 0.3) is 5.89 Å². The molecule has 0 atom stereocenters. The Morgan fingerprint density at radius 1 is 1.28 bits per heavy atom. The molecule has 0 aromatic carbocycles. The number of amides is 1. The highest BCUT2D eigenvalue weighted by Crippen LogP contribution is 2.21. The minimum Gasteiger partial charge on any atom is -0.404 e. The number of allylic oxidation sites excluding steroid dienone is 5. The summed E-state index contributed by atoms with van der Waals surface area (Å²) in [6.07, 6.45) is 12.6. The van der Waals surface area contributed by atoms with E-state index in [0.717, 1.165) is 12.8 Å². The van der Waals surface area contributed by atoms with Gasteiger partial charge in [0.15, 0.2) is 0 Å². The van der Waals surface area contributed by atoms with Gasteiger partial charge in [0.2, 0.25) is 11.7 Å². The lowest BCUT2D eigenvalue weighted by Gasteiger charge is -2.31. The number of ether oxygens (including phenoxy) is 1. The minimum atomic E-state index is -0.00383. The van der Waals surface area contributed by atoms with Crippen molar-refractivity contribution in [2.24, 2.45) is 22.2 Å². The molecule has 1 aliphatic rings. The summed E-state index contributed by atoms with van der Waals surface area (Å²) < 4.78 is 12.3. The van der Waals surface area contributed by atoms with Gasteiger partial charge in [0.05, 0.1) is 17.9 Å². The molecule has 1 amide bonds. The molecule has 3 heterocycles. The number of carbonyl (C=O) groups is 1. The highest BCUT2D eigenvalue weighted by Gasteiger charge is 2.23. The number of rotatable bonds is 10. The third-order valence-electron chi connectivity index (χ3n) is 5.55. The van der Waals surface area contributed by atoms with Gasteiger partial charge < -0.3 is 31.4 Å². The summed E-state index contributed by atoms with van der Waals surface area (Å²) in [7, 11) is 1.70. The topological polar surface area (TPSA) is 177 Å². The second-order valence-electron chi connectivity index (χ2n) is 8.02. The molecule has 0 saturated carbocycles. The Morgan fingerprint density at radius 3 is 2.67 bits per heavy atom. The summed E-state index contributed by atoms with van der Waals surface area (Å²) >= 11 is 0. The van der Waals surface area contributed by atoms with Crippen molar-refractivity contribution in [2.45, 2.75) is 25.5 Å². The molecule has 1 aliphatic heterocycles. The predicted octanol–water partition coefficient (Wildman–Crippen LogP) is 1.33. The molecular formula is C24H31N9O3. The molecule has 0 radical (unpaired) electrons. The van der Waals surface area contributed by atoms with E-state index in [1.54, 1.807) is 36.3 Å². The molecule has 12 heteroatoms. The lowest BCUT2D eigenvalue weighted by molar-refractivity contribution is -0.134. The Labute approximate surface area is 209 Å². The Balaban J connectivity index is 1.64. The number of nitrogens with zero attached hydrogens (tertiary/aromatic N) is 6. The van der Waals surface area contributed by atoms with Crippen LogP contribution in [0.15, 0.2) is 76.6 Å². The molecule has 0 spiro atoms. The van der Waals surface area contributed by atoms with E-state index in [2.05, 4.69) is 33.4 Å². The molecule has 0 aliphatic carbocycles. The summed E-state index contributed by atoms with van der Waals surface area (Å²) in [6, 6.07) is 0. The summed E-state index contributed by atoms with van der Waals surface area (Å²) in [5.74, 6) is 0.652. The average molecular weight is 494 g/mol. The Morgan fingerprint density at radius 2 is 2.03 bits per heavy atom. The van der Waals surface area contributed by atoms with Crippen molar-refractivity contribution in [3.8, 4) is 11.5 Å². The quantitative estimate of drug-likeness (QED) is 0.325. The summed E-state index contributed by atoms with van der Waals surface area (Å²) in [5, 5.41) is 8.25. The number of piperidine rings is 1. The van der Waals surface area contributed by atoms with Crippen molar-refractivity contribution in [3.05, 3.63) is 72.9 Å². The van der Waals surface area contributed by atoms with Crippen molar-refractivity contribution >= 4 is 17.7 Å². The smallest absolute Gasteiger partial charge is 0.261 e. The summed E-state index contributed by atoms with van der Waals surface area (Å²) in [5.41, 5.74) is 19.0. The van der Waals surface area contributed by atoms with Crippen molar-refractivity contribution in [1.82, 2.24) is 24.8 Å². The number of carbonyl (C=O) groups excluding carboxylic acids is 1. The first-order chi connectivity index (χ1) is 17.3. The summed E-state index contributed by atoms with van der Waals surface area (Å²) in [6.45, 7) is 8.91. The SMILES string of the molecule is C=C(N)/N=C\C(=C/N)C(=C)/C=C\C(=C/N)c1noc(-c2cnn(CC(=O)N3CCC(OC)CC3)c2)n1. The van der Waals surface area contributed by atoms with Crippen molar-refractivity contribution in [2.75, 3.05) is 20.2 Å². The number of nitrogens with two attached hydrogens (primary N) is 3. The zero-order valence-corrected chi connectivity index (χ0v) is 20.2. The van der Waals surface area contributed by atoms with Crippen LogP contribution in [0.25, 0.3) is 17.0 Å². The molecular weight excluding hydrogens is 462 g/mol. The Hall–Kier alpha value is -4.45. The van der Waals surface area contributed by atoms with Crippen LogP contribution in [0.5, 0.6) is 0 Å². The fourth-order valence-electron chi connectivity index (χ4n) is 3.47. The first kappa shape index (κ1) is 26.2. The van der Waals surface area contributed by atoms with Gasteiger partial charge in [0, 0.05) is 56.2 Å².